The maximum absolute atomic E-state index is 13.0. The van der Waals surface area contributed by atoms with Gasteiger partial charge < -0.3 is 51.1 Å². The summed E-state index contributed by atoms with van der Waals surface area (Å²) >= 11 is 0. The molecule has 4 rings (SSSR count). The zero-order valence-corrected chi connectivity index (χ0v) is 19.6. The van der Waals surface area contributed by atoms with E-state index in [0.717, 1.165) is 48.5 Å². The zero-order chi connectivity index (χ0) is 28.8. The SMILES string of the molecule is O=C(c1ccc(O)cc1O)c1cc(Cc2cc(C(=O)c3ccc(O)cc3O)c(O)c(O)c2O)c(O)c(O)c1O. The number of carbonyl (C=O) groups excluding carboxylic acids is 2. The van der Waals surface area contributed by atoms with Crippen LogP contribution in [0.4, 0.5) is 0 Å². The summed E-state index contributed by atoms with van der Waals surface area (Å²) in [5.74, 6) is -10.2. The van der Waals surface area contributed by atoms with Crippen molar-refractivity contribution in [1.82, 2.24) is 0 Å². The molecule has 0 aromatic heterocycles. The van der Waals surface area contributed by atoms with Gasteiger partial charge in [-0.15, -0.1) is 0 Å². The van der Waals surface area contributed by atoms with E-state index in [0.29, 0.717) is 0 Å². The molecule has 12 nitrogen and oxygen atoms in total. The highest BCUT2D eigenvalue weighted by Crippen LogP contribution is 2.46. The molecule has 0 aliphatic heterocycles. The normalized spacial score (nSPS) is 10.9. The van der Waals surface area contributed by atoms with Crippen molar-refractivity contribution in [1.29, 1.82) is 0 Å². The van der Waals surface area contributed by atoms with E-state index in [4.69, 9.17) is 0 Å². The van der Waals surface area contributed by atoms with Gasteiger partial charge in [-0.1, -0.05) is 0 Å². The van der Waals surface area contributed by atoms with Gasteiger partial charge in [-0.05, 0) is 36.4 Å². The Bertz CT molecular complexity index is 1550. The van der Waals surface area contributed by atoms with Crippen molar-refractivity contribution in [2.75, 3.05) is 0 Å². The third kappa shape index (κ3) is 4.57. The van der Waals surface area contributed by atoms with Gasteiger partial charge in [0.15, 0.2) is 23.0 Å². The molecule has 0 heterocycles. The number of hydrogen-bond donors (Lipinski definition) is 10. The minimum absolute atomic E-state index is 0.293. The van der Waals surface area contributed by atoms with Crippen LogP contribution in [-0.2, 0) is 6.42 Å². The molecular formula is C27H20O12. The number of aromatic hydroxyl groups is 10. The van der Waals surface area contributed by atoms with Crippen LogP contribution in [0.1, 0.15) is 43.0 Å². The molecule has 0 saturated carbocycles. The molecule has 4 aromatic rings. The summed E-state index contributed by atoms with van der Waals surface area (Å²) in [6.45, 7) is 0. The van der Waals surface area contributed by atoms with Crippen LogP contribution >= 0.6 is 0 Å². The fraction of sp³-hybridized carbons (Fsp3) is 0.0370. The van der Waals surface area contributed by atoms with Crippen LogP contribution in [-0.4, -0.2) is 62.6 Å². The van der Waals surface area contributed by atoms with Gasteiger partial charge in [0.1, 0.15) is 23.0 Å². The van der Waals surface area contributed by atoms with Crippen molar-refractivity contribution < 1.29 is 60.7 Å². The third-order valence-corrected chi connectivity index (χ3v) is 5.97. The molecule has 0 aliphatic carbocycles. The Morgan fingerprint density at radius 1 is 0.436 bits per heavy atom. The summed E-state index contributed by atoms with van der Waals surface area (Å²) in [5, 5.41) is 101. The number of phenolic OH excluding ortho intramolecular Hbond substituents is 10. The van der Waals surface area contributed by atoms with Crippen LogP contribution in [0.5, 0.6) is 57.5 Å². The quantitative estimate of drug-likeness (QED) is 0.126. The van der Waals surface area contributed by atoms with Crippen molar-refractivity contribution in [2.24, 2.45) is 0 Å². The van der Waals surface area contributed by atoms with Crippen molar-refractivity contribution in [3.8, 4) is 57.5 Å². The first kappa shape index (κ1) is 26.3. The van der Waals surface area contributed by atoms with Crippen LogP contribution in [0.3, 0.4) is 0 Å². The van der Waals surface area contributed by atoms with Gasteiger partial charge in [0.2, 0.25) is 23.1 Å². The number of carbonyl (C=O) groups is 2. The zero-order valence-electron chi connectivity index (χ0n) is 19.6. The predicted octanol–water partition coefficient (Wildman–Crippen LogP) is 2.80. The summed E-state index contributed by atoms with van der Waals surface area (Å²) in [4.78, 5) is 26.0. The largest absolute Gasteiger partial charge is 0.508 e. The van der Waals surface area contributed by atoms with E-state index in [-0.39, 0.29) is 33.8 Å². The minimum Gasteiger partial charge on any atom is -0.508 e. The van der Waals surface area contributed by atoms with Gasteiger partial charge in [-0.2, -0.15) is 0 Å². The number of ketones is 2. The summed E-state index contributed by atoms with van der Waals surface area (Å²) in [6, 6.07) is 7.87. The summed E-state index contributed by atoms with van der Waals surface area (Å²) < 4.78 is 0. The summed E-state index contributed by atoms with van der Waals surface area (Å²) in [5.41, 5.74) is -2.50. The lowest BCUT2D eigenvalue weighted by molar-refractivity contribution is 0.102. The Kier molecular flexibility index (Phi) is 6.47. The van der Waals surface area contributed by atoms with E-state index >= 15 is 0 Å². The second kappa shape index (κ2) is 9.59. The first-order chi connectivity index (χ1) is 18.3. The van der Waals surface area contributed by atoms with E-state index in [1.54, 1.807) is 0 Å². The molecule has 0 amide bonds. The summed E-state index contributed by atoms with van der Waals surface area (Å²) in [6.07, 6.45) is -0.580. The van der Waals surface area contributed by atoms with E-state index in [9.17, 15) is 60.7 Å². The monoisotopic (exact) mass is 536 g/mol. The molecule has 10 N–H and O–H groups in total. The van der Waals surface area contributed by atoms with Gasteiger partial charge >= 0.3 is 0 Å². The van der Waals surface area contributed by atoms with Gasteiger partial charge in [0.05, 0.1) is 22.3 Å². The first-order valence-electron chi connectivity index (χ1n) is 11.0. The molecule has 0 aliphatic rings. The van der Waals surface area contributed by atoms with Crippen molar-refractivity contribution in [3.05, 3.63) is 81.9 Å². The molecule has 0 spiro atoms. The number of benzene rings is 4. The van der Waals surface area contributed by atoms with Gasteiger partial charge in [0, 0.05) is 29.7 Å². The molecule has 0 unspecified atom stereocenters. The second-order valence-electron chi connectivity index (χ2n) is 8.50. The third-order valence-electron chi connectivity index (χ3n) is 5.97. The summed E-state index contributed by atoms with van der Waals surface area (Å²) in [7, 11) is 0. The molecule has 0 radical (unpaired) electrons. The van der Waals surface area contributed by atoms with Crippen LogP contribution in [0.15, 0.2) is 48.5 Å². The number of phenols is 10. The van der Waals surface area contributed by atoms with Crippen LogP contribution in [0.25, 0.3) is 0 Å². The Morgan fingerprint density at radius 3 is 1.13 bits per heavy atom. The standard InChI is InChI=1S/C27H20O12/c28-12-1-3-14(18(30)8-12)22(34)16-6-10(20(32)26(38)24(16)36)5-11-7-17(25(37)27(39)21(11)33)23(35)15-4-2-13(29)9-19(15)31/h1-4,6-9,28-33,36-39H,5H2. The highest BCUT2D eigenvalue weighted by Gasteiger charge is 2.27. The molecule has 39 heavy (non-hydrogen) atoms. The molecule has 12 heteroatoms. The lowest BCUT2D eigenvalue weighted by Crippen LogP contribution is -2.06. The van der Waals surface area contributed by atoms with E-state index in [1.807, 2.05) is 0 Å². The fourth-order valence-corrected chi connectivity index (χ4v) is 3.94. The molecule has 0 atom stereocenters. The van der Waals surface area contributed by atoms with E-state index < -0.39 is 75.1 Å². The lowest BCUT2D eigenvalue weighted by Gasteiger charge is -2.15. The van der Waals surface area contributed by atoms with Crippen LogP contribution < -0.4 is 0 Å². The average Bonchev–Trinajstić information content (AvgIpc) is 2.88. The molecule has 0 bridgehead atoms. The van der Waals surface area contributed by atoms with Crippen LogP contribution in [0, 0.1) is 0 Å². The Hall–Kier alpha value is -5.78. The number of hydrogen-bond acceptors (Lipinski definition) is 12. The second-order valence-corrected chi connectivity index (χ2v) is 8.50. The molecule has 4 aromatic carbocycles. The smallest absolute Gasteiger partial charge is 0.201 e. The maximum atomic E-state index is 13.0. The highest BCUT2D eigenvalue weighted by atomic mass is 16.3. The number of rotatable bonds is 6. The van der Waals surface area contributed by atoms with Crippen molar-refractivity contribution >= 4 is 11.6 Å². The van der Waals surface area contributed by atoms with Gasteiger partial charge in [-0.25, -0.2) is 0 Å². The van der Waals surface area contributed by atoms with Crippen LogP contribution in [0.2, 0.25) is 0 Å². The fourth-order valence-electron chi connectivity index (χ4n) is 3.94. The maximum Gasteiger partial charge on any atom is 0.201 e. The first-order valence-corrected chi connectivity index (χ1v) is 11.0. The van der Waals surface area contributed by atoms with Gasteiger partial charge in [0.25, 0.3) is 0 Å². The van der Waals surface area contributed by atoms with E-state index in [1.165, 1.54) is 0 Å². The van der Waals surface area contributed by atoms with Gasteiger partial charge in [-0.3, -0.25) is 9.59 Å². The lowest BCUT2D eigenvalue weighted by atomic mass is 9.93. The van der Waals surface area contributed by atoms with Crippen molar-refractivity contribution in [2.45, 2.75) is 6.42 Å². The Balaban J connectivity index is 1.82. The average molecular weight is 536 g/mol. The Labute approximate surface area is 218 Å². The Morgan fingerprint density at radius 2 is 0.795 bits per heavy atom. The topological polar surface area (TPSA) is 236 Å². The minimum atomic E-state index is -1.12. The molecule has 0 fully saturated rings. The van der Waals surface area contributed by atoms with E-state index in [2.05, 4.69) is 0 Å². The van der Waals surface area contributed by atoms with Crippen molar-refractivity contribution in [3.63, 3.8) is 0 Å². The molecular weight excluding hydrogens is 516 g/mol. The molecule has 0 saturated heterocycles. The predicted molar refractivity (Wildman–Crippen MR) is 132 cm³/mol. The molecule has 200 valence electrons. The highest BCUT2D eigenvalue weighted by molar-refractivity contribution is 6.14.